The first-order valence-electron chi connectivity index (χ1n) is 7.17. The quantitative estimate of drug-likeness (QED) is 0.449. The SMILES string of the molecule is CCOCCNC(=NC)N1CCN(C(=O)OCC)CC1. The first-order valence-corrected chi connectivity index (χ1v) is 7.17. The summed E-state index contributed by atoms with van der Waals surface area (Å²) in [7, 11) is 1.76. The van der Waals surface area contributed by atoms with Crippen LogP contribution in [0.1, 0.15) is 13.8 Å². The van der Waals surface area contributed by atoms with Crippen molar-refractivity contribution in [1.82, 2.24) is 15.1 Å². The van der Waals surface area contributed by atoms with E-state index in [0.717, 1.165) is 32.2 Å². The van der Waals surface area contributed by atoms with E-state index in [9.17, 15) is 4.79 Å². The topological polar surface area (TPSA) is 66.4 Å². The van der Waals surface area contributed by atoms with Gasteiger partial charge in [-0.15, -0.1) is 0 Å². The molecule has 0 aromatic heterocycles. The summed E-state index contributed by atoms with van der Waals surface area (Å²) in [5.74, 6) is 0.855. The highest BCUT2D eigenvalue weighted by molar-refractivity contribution is 5.80. The first kappa shape index (κ1) is 16.6. The molecule has 20 heavy (non-hydrogen) atoms. The van der Waals surface area contributed by atoms with Crippen LogP contribution >= 0.6 is 0 Å². The average molecular weight is 286 g/mol. The van der Waals surface area contributed by atoms with Gasteiger partial charge in [0.2, 0.25) is 0 Å². The second-order valence-corrected chi connectivity index (χ2v) is 4.34. The minimum Gasteiger partial charge on any atom is -0.450 e. The van der Waals surface area contributed by atoms with Crippen molar-refractivity contribution in [2.24, 2.45) is 4.99 Å². The second kappa shape index (κ2) is 9.41. The van der Waals surface area contributed by atoms with Gasteiger partial charge in [0, 0.05) is 46.4 Å². The third-order valence-electron chi connectivity index (χ3n) is 3.05. The number of ether oxygens (including phenoxy) is 2. The van der Waals surface area contributed by atoms with Crippen LogP contribution in [-0.2, 0) is 9.47 Å². The number of carbonyl (C=O) groups excluding carboxylic acids is 1. The van der Waals surface area contributed by atoms with Crippen molar-refractivity contribution >= 4 is 12.1 Å². The second-order valence-electron chi connectivity index (χ2n) is 4.34. The molecule has 0 aromatic rings. The van der Waals surface area contributed by atoms with Crippen LogP contribution in [0.5, 0.6) is 0 Å². The van der Waals surface area contributed by atoms with Gasteiger partial charge in [0.25, 0.3) is 0 Å². The van der Waals surface area contributed by atoms with Crippen molar-refractivity contribution in [3.8, 4) is 0 Å². The molecule has 1 aliphatic rings. The Kier molecular flexibility index (Phi) is 7.79. The van der Waals surface area contributed by atoms with Gasteiger partial charge >= 0.3 is 6.09 Å². The molecule has 0 unspecified atom stereocenters. The van der Waals surface area contributed by atoms with Crippen LogP contribution in [0.25, 0.3) is 0 Å². The molecule has 1 N–H and O–H groups in total. The minimum atomic E-state index is -0.230. The van der Waals surface area contributed by atoms with E-state index in [4.69, 9.17) is 9.47 Å². The van der Waals surface area contributed by atoms with Crippen LogP contribution in [0.3, 0.4) is 0 Å². The summed E-state index contributed by atoms with van der Waals surface area (Å²) in [6, 6.07) is 0. The number of hydrogen-bond donors (Lipinski definition) is 1. The number of aliphatic imine (C=N–C) groups is 1. The smallest absolute Gasteiger partial charge is 0.409 e. The molecule has 0 atom stereocenters. The van der Waals surface area contributed by atoms with Gasteiger partial charge in [0.05, 0.1) is 13.2 Å². The first-order chi connectivity index (χ1) is 9.72. The van der Waals surface area contributed by atoms with E-state index in [1.54, 1.807) is 11.9 Å². The third-order valence-corrected chi connectivity index (χ3v) is 3.05. The number of piperazine rings is 1. The van der Waals surface area contributed by atoms with E-state index in [1.807, 2.05) is 13.8 Å². The van der Waals surface area contributed by atoms with Crippen LogP contribution in [-0.4, -0.2) is 81.4 Å². The lowest BCUT2D eigenvalue weighted by molar-refractivity contribution is 0.0913. The zero-order valence-corrected chi connectivity index (χ0v) is 12.7. The summed E-state index contributed by atoms with van der Waals surface area (Å²) in [5, 5.41) is 3.26. The lowest BCUT2D eigenvalue weighted by Crippen LogP contribution is -2.54. The normalized spacial score (nSPS) is 16.2. The van der Waals surface area contributed by atoms with Crippen molar-refractivity contribution in [3.05, 3.63) is 0 Å². The zero-order chi connectivity index (χ0) is 14.8. The molecule has 1 amide bonds. The van der Waals surface area contributed by atoms with Gasteiger partial charge in [-0.05, 0) is 13.8 Å². The summed E-state index contributed by atoms with van der Waals surface area (Å²) in [4.78, 5) is 19.7. The summed E-state index contributed by atoms with van der Waals surface area (Å²) >= 11 is 0. The maximum absolute atomic E-state index is 11.6. The van der Waals surface area contributed by atoms with E-state index < -0.39 is 0 Å². The molecular formula is C13H26N4O3. The average Bonchev–Trinajstić information content (AvgIpc) is 2.48. The zero-order valence-electron chi connectivity index (χ0n) is 12.7. The maximum atomic E-state index is 11.6. The molecule has 1 aliphatic heterocycles. The largest absolute Gasteiger partial charge is 0.450 e. The minimum absolute atomic E-state index is 0.230. The van der Waals surface area contributed by atoms with E-state index in [0.29, 0.717) is 26.3 Å². The fourth-order valence-corrected chi connectivity index (χ4v) is 2.03. The van der Waals surface area contributed by atoms with E-state index in [-0.39, 0.29) is 6.09 Å². The summed E-state index contributed by atoms with van der Waals surface area (Å²) in [5.41, 5.74) is 0. The van der Waals surface area contributed by atoms with Crippen molar-refractivity contribution in [2.75, 3.05) is 59.6 Å². The maximum Gasteiger partial charge on any atom is 0.409 e. The monoisotopic (exact) mass is 286 g/mol. The molecule has 1 heterocycles. The van der Waals surface area contributed by atoms with Crippen molar-refractivity contribution in [2.45, 2.75) is 13.8 Å². The number of carbonyl (C=O) groups is 1. The molecule has 1 fully saturated rings. The van der Waals surface area contributed by atoms with Crippen LogP contribution in [0.2, 0.25) is 0 Å². The number of rotatable bonds is 5. The van der Waals surface area contributed by atoms with Gasteiger partial charge in [-0.2, -0.15) is 0 Å². The fraction of sp³-hybridized carbons (Fsp3) is 0.846. The van der Waals surface area contributed by atoms with Gasteiger partial charge in [-0.3, -0.25) is 4.99 Å². The Bertz CT molecular complexity index is 315. The van der Waals surface area contributed by atoms with Gasteiger partial charge in [0.15, 0.2) is 5.96 Å². The van der Waals surface area contributed by atoms with E-state index in [1.165, 1.54) is 0 Å². The lowest BCUT2D eigenvalue weighted by atomic mass is 10.3. The number of guanidine groups is 1. The Morgan fingerprint density at radius 1 is 1.15 bits per heavy atom. The summed E-state index contributed by atoms with van der Waals surface area (Å²) in [6.07, 6.45) is -0.230. The number of hydrogen-bond acceptors (Lipinski definition) is 4. The van der Waals surface area contributed by atoms with Gasteiger partial charge < -0.3 is 24.6 Å². The fourth-order valence-electron chi connectivity index (χ4n) is 2.03. The van der Waals surface area contributed by atoms with Crippen molar-refractivity contribution < 1.29 is 14.3 Å². The molecule has 0 aromatic carbocycles. The Morgan fingerprint density at radius 2 is 1.80 bits per heavy atom. The van der Waals surface area contributed by atoms with Crippen molar-refractivity contribution in [1.29, 1.82) is 0 Å². The van der Waals surface area contributed by atoms with Crippen LogP contribution in [0, 0.1) is 0 Å². The Hall–Kier alpha value is -1.50. The molecule has 116 valence electrons. The number of nitrogens with zero attached hydrogens (tertiary/aromatic N) is 3. The molecule has 7 nitrogen and oxygen atoms in total. The predicted molar refractivity (Wildman–Crippen MR) is 78.0 cm³/mol. The van der Waals surface area contributed by atoms with Crippen molar-refractivity contribution in [3.63, 3.8) is 0 Å². The standard InChI is InChI=1S/C13H26N4O3/c1-4-19-11-6-15-12(14-3)16-7-9-17(10-8-16)13(18)20-5-2/h4-11H2,1-3H3,(H,14,15). The summed E-state index contributed by atoms with van der Waals surface area (Å²) < 4.78 is 10.3. The lowest BCUT2D eigenvalue weighted by Gasteiger charge is -2.35. The molecule has 7 heteroatoms. The van der Waals surface area contributed by atoms with Gasteiger partial charge in [-0.25, -0.2) is 4.79 Å². The van der Waals surface area contributed by atoms with Gasteiger partial charge in [0.1, 0.15) is 0 Å². The highest BCUT2D eigenvalue weighted by Gasteiger charge is 2.23. The Labute approximate surface area is 120 Å². The Morgan fingerprint density at radius 3 is 2.35 bits per heavy atom. The van der Waals surface area contributed by atoms with Crippen LogP contribution < -0.4 is 5.32 Å². The van der Waals surface area contributed by atoms with E-state index >= 15 is 0 Å². The molecule has 0 saturated carbocycles. The molecule has 0 aliphatic carbocycles. The molecule has 0 spiro atoms. The van der Waals surface area contributed by atoms with Crippen LogP contribution in [0.15, 0.2) is 4.99 Å². The molecule has 1 rings (SSSR count). The third kappa shape index (κ3) is 5.24. The number of amides is 1. The van der Waals surface area contributed by atoms with Gasteiger partial charge in [-0.1, -0.05) is 0 Å². The highest BCUT2D eigenvalue weighted by Crippen LogP contribution is 2.04. The molecular weight excluding hydrogens is 260 g/mol. The van der Waals surface area contributed by atoms with E-state index in [2.05, 4.69) is 15.2 Å². The van der Waals surface area contributed by atoms with Crippen LogP contribution in [0.4, 0.5) is 4.79 Å². The Balaban J connectivity index is 2.33. The molecule has 1 saturated heterocycles. The predicted octanol–water partition coefficient (Wildman–Crippen LogP) is 0.372. The molecule has 0 bridgehead atoms. The summed E-state index contributed by atoms with van der Waals surface area (Å²) in [6.45, 7) is 9.16. The number of nitrogens with one attached hydrogen (secondary N) is 1. The highest BCUT2D eigenvalue weighted by atomic mass is 16.6. The molecule has 0 radical (unpaired) electrons.